The van der Waals surface area contributed by atoms with Gasteiger partial charge < -0.3 is 9.73 Å². The second-order valence-electron chi connectivity index (χ2n) is 5.43. The Kier molecular flexibility index (Phi) is 5.55. The summed E-state index contributed by atoms with van der Waals surface area (Å²) in [5.74, 6) is -0.220. The topological polar surface area (TPSA) is 64.2 Å². The molecule has 1 amide bonds. The minimum absolute atomic E-state index is 0.0685. The van der Waals surface area contributed by atoms with Crippen molar-refractivity contribution in [1.29, 1.82) is 0 Å². The van der Waals surface area contributed by atoms with Crippen LogP contribution in [0.15, 0.2) is 62.6 Å². The van der Waals surface area contributed by atoms with Crippen LogP contribution in [0.4, 0.5) is 4.39 Å². The van der Waals surface area contributed by atoms with Crippen molar-refractivity contribution in [3.8, 4) is 0 Å². The molecule has 0 aliphatic heterocycles. The van der Waals surface area contributed by atoms with Crippen LogP contribution in [0.5, 0.6) is 0 Å². The highest BCUT2D eigenvalue weighted by Gasteiger charge is 2.11. The fraction of sp³-hybridized carbons (Fsp3) is 0.222. The molecule has 130 valence electrons. The van der Waals surface area contributed by atoms with Crippen LogP contribution in [0.3, 0.4) is 0 Å². The summed E-state index contributed by atoms with van der Waals surface area (Å²) in [7, 11) is 0. The van der Waals surface area contributed by atoms with Crippen LogP contribution in [-0.2, 0) is 11.3 Å². The van der Waals surface area contributed by atoms with Crippen molar-refractivity contribution in [2.45, 2.75) is 17.9 Å². The highest BCUT2D eigenvalue weighted by Crippen LogP contribution is 2.18. The molecule has 1 aromatic heterocycles. The largest absolute Gasteiger partial charge is 0.420 e. The van der Waals surface area contributed by atoms with Crippen molar-refractivity contribution in [2.24, 2.45) is 0 Å². The second kappa shape index (κ2) is 8.02. The van der Waals surface area contributed by atoms with Crippen LogP contribution in [0, 0.1) is 5.82 Å². The number of amides is 1. The molecule has 0 saturated carbocycles. The van der Waals surface area contributed by atoms with Gasteiger partial charge in [-0.05, 0) is 48.6 Å². The molecule has 1 N–H and O–H groups in total. The standard InChI is InChI=1S/C18H17FN2O3S/c19-13-6-8-14(9-7-13)25-11-3-10-20-17(22)12-21-15-4-1-2-5-16(15)24-18(21)23/h1-2,4-9H,3,10-12H2,(H,20,22). The monoisotopic (exact) mass is 360 g/mol. The van der Waals surface area contributed by atoms with Crippen molar-refractivity contribution in [2.75, 3.05) is 12.3 Å². The average molecular weight is 360 g/mol. The van der Waals surface area contributed by atoms with Gasteiger partial charge in [-0.15, -0.1) is 11.8 Å². The van der Waals surface area contributed by atoms with Crippen LogP contribution in [-0.4, -0.2) is 22.8 Å². The van der Waals surface area contributed by atoms with Gasteiger partial charge in [0.1, 0.15) is 12.4 Å². The fourth-order valence-electron chi connectivity index (χ4n) is 2.38. The van der Waals surface area contributed by atoms with Gasteiger partial charge in [0.15, 0.2) is 5.58 Å². The lowest BCUT2D eigenvalue weighted by Gasteiger charge is -2.06. The van der Waals surface area contributed by atoms with E-state index in [0.717, 1.165) is 17.1 Å². The summed E-state index contributed by atoms with van der Waals surface area (Å²) in [6, 6.07) is 13.3. The van der Waals surface area contributed by atoms with Gasteiger partial charge in [0.2, 0.25) is 5.91 Å². The summed E-state index contributed by atoms with van der Waals surface area (Å²) in [6.07, 6.45) is 0.773. The van der Waals surface area contributed by atoms with E-state index < -0.39 is 5.76 Å². The molecule has 25 heavy (non-hydrogen) atoms. The number of carbonyl (C=O) groups is 1. The molecular weight excluding hydrogens is 343 g/mol. The number of carbonyl (C=O) groups excluding carboxylic acids is 1. The first-order chi connectivity index (χ1) is 12.1. The van der Waals surface area contributed by atoms with E-state index in [1.807, 2.05) is 0 Å². The SMILES string of the molecule is O=C(Cn1c(=O)oc2ccccc21)NCCCSc1ccc(F)cc1. The summed E-state index contributed by atoms with van der Waals surface area (Å²) in [5.41, 5.74) is 1.07. The maximum absolute atomic E-state index is 12.8. The number of hydrogen-bond acceptors (Lipinski definition) is 4. The summed E-state index contributed by atoms with van der Waals surface area (Å²) in [5, 5.41) is 2.79. The Morgan fingerprint density at radius 3 is 2.72 bits per heavy atom. The zero-order valence-electron chi connectivity index (χ0n) is 13.4. The average Bonchev–Trinajstić information content (AvgIpc) is 2.92. The lowest BCUT2D eigenvalue weighted by Crippen LogP contribution is -2.31. The van der Waals surface area contributed by atoms with Crippen LogP contribution in [0.2, 0.25) is 0 Å². The van der Waals surface area contributed by atoms with Gasteiger partial charge in [0.05, 0.1) is 5.52 Å². The van der Waals surface area contributed by atoms with E-state index in [0.29, 0.717) is 17.6 Å². The van der Waals surface area contributed by atoms with E-state index in [-0.39, 0.29) is 18.3 Å². The summed E-state index contributed by atoms with van der Waals surface area (Å²) in [6.45, 7) is 0.443. The van der Waals surface area contributed by atoms with Gasteiger partial charge in [-0.1, -0.05) is 12.1 Å². The molecule has 7 heteroatoms. The van der Waals surface area contributed by atoms with Crippen LogP contribution < -0.4 is 11.1 Å². The third-order valence-corrected chi connectivity index (χ3v) is 4.70. The zero-order valence-corrected chi connectivity index (χ0v) is 14.2. The predicted molar refractivity (Wildman–Crippen MR) is 95.2 cm³/mol. The number of nitrogens with one attached hydrogen (secondary N) is 1. The summed E-state index contributed by atoms with van der Waals surface area (Å²) < 4.78 is 19.2. The minimum atomic E-state index is -0.539. The van der Waals surface area contributed by atoms with Crippen molar-refractivity contribution < 1.29 is 13.6 Å². The maximum Gasteiger partial charge on any atom is 0.420 e. The highest BCUT2D eigenvalue weighted by atomic mass is 32.2. The molecule has 2 aromatic carbocycles. The number of oxazole rings is 1. The number of para-hydroxylation sites is 2. The number of thioether (sulfide) groups is 1. The molecule has 0 aliphatic carbocycles. The first kappa shape index (κ1) is 17.3. The van der Waals surface area contributed by atoms with Crippen molar-refractivity contribution in [1.82, 2.24) is 9.88 Å². The van der Waals surface area contributed by atoms with Crippen molar-refractivity contribution >= 4 is 28.8 Å². The lowest BCUT2D eigenvalue weighted by molar-refractivity contribution is -0.121. The van der Waals surface area contributed by atoms with Gasteiger partial charge in [-0.2, -0.15) is 0 Å². The molecule has 0 fully saturated rings. The van der Waals surface area contributed by atoms with E-state index in [4.69, 9.17) is 4.42 Å². The molecule has 0 bridgehead atoms. The number of fused-ring (bicyclic) bond motifs is 1. The first-order valence-corrected chi connectivity index (χ1v) is 8.85. The second-order valence-corrected chi connectivity index (χ2v) is 6.60. The molecule has 0 aliphatic rings. The molecule has 0 radical (unpaired) electrons. The Balaban J connectivity index is 1.44. The maximum atomic E-state index is 12.8. The van der Waals surface area contributed by atoms with E-state index in [1.54, 1.807) is 48.2 Å². The molecule has 3 aromatic rings. The number of halogens is 1. The van der Waals surface area contributed by atoms with Gasteiger partial charge in [-0.3, -0.25) is 9.36 Å². The van der Waals surface area contributed by atoms with E-state index in [9.17, 15) is 14.0 Å². The lowest BCUT2D eigenvalue weighted by atomic mass is 10.3. The number of hydrogen-bond donors (Lipinski definition) is 1. The first-order valence-electron chi connectivity index (χ1n) is 7.87. The molecule has 0 saturated heterocycles. The fourth-order valence-corrected chi connectivity index (χ4v) is 3.24. The normalized spacial score (nSPS) is 10.9. The Morgan fingerprint density at radius 2 is 1.92 bits per heavy atom. The third-order valence-electron chi connectivity index (χ3n) is 3.60. The number of nitrogens with zero attached hydrogens (tertiary/aromatic N) is 1. The number of rotatable bonds is 7. The molecule has 5 nitrogen and oxygen atoms in total. The Hall–Kier alpha value is -2.54. The smallest absolute Gasteiger partial charge is 0.408 e. The minimum Gasteiger partial charge on any atom is -0.408 e. The van der Waals surface area contributed by atoms with E-state index in [2.05, 4.69) is 5.32 Å². The summed E-state index contributed by atoms with van der Waals surface area (Å²) in [4.78, 5) is 24.8. The molecule has 1 heterocycles. The van der Waals surface area contributed by atoms with Crippen LogP contribution in [0.25, 0.3) is 11.1 Å². The van der Waals surface area contributed by atoms with Gasteiger partial charge >= 0.3 is 5.76 Å². The van der Waals surface area contributed by atoms with Crippen molar-refractivity contribution in [3.63, 3.8) is 0 Å². The third kappa shape index (κ3) is 4.51. The predicted octanol–water partition coefficient (Wildman–Crippen LogP) is 3.03. The van der Waals surface area contributed by atoms with Gasteiger partial charge in [0, 0.05) is 11.4 Å². The van der Waals surface area contributed by atoms with E-state index in [1.165, 1.54) is 16.7 Å². The summed E-state index contributed by atoms with van der Waals surface area (Å²) >= 11 is 1.60. The molecular formula is C18H17FN2O3S. The Bertz CT molecular complexity index is 918. The van der Waals surface area contributed by atoms with Gasteiger partial charge in [-0.25, -0.2) is 9.18 Å². The van der Waals surface area contributed by atoms with Crippen molar-refractivity contribution in [3.05, 3.63) is 64.9 Å². The quantitative estimate of drug-likeness (QED) is 0.520. The molecule has 3 rings (SSSR count). The van der Waals surface area contributed by atoms with E-state index >= 15 is 0 Å². The van der Waals surface area contributed by atoms with Crippen LogP contribution in [0.1, 0.15) is 6.42 Å². The highest BCUT2D eigenvalue weighted by molar-refractivity contribution is 7.99. The Morgan fingerprint density at radius 1 is 1.16 bits per heavy atom. The number of aromatic nitrogens is 1. The molecule has 0 atom stereocenters. The molecule has 0 unspecified atom stereocenters. The number of benzene rings is 2. The van der Waals surface area contributed by atoms with Gasteiger partial charge in [0.25, 0.3) is 0 Å². The molecule has 0 spiro atoms. The Labute approximate surface area is 147 Å². The zero-order chi connectivity index (χ0) is 17.6. The van der Waals surface area contributed by atoms with Crippen LogP contribution >= 0.6 is 11.8 Å².